The third kappa shape index (κ3) is 47.3. The average Bonchev–Trinajstić information content (AvgIpc) is 3.20. The molecular weight excluding hydrogens is 733 g/mol. The highest BCUT2D eigenvalue weighted by molar-refractivity contribution is 5.71. The van der Waals surface area contributed by atoms with Crippen LogP contribution in [0, 0.1) is 11.8 Å². The van der Waals surface area contributed by atoms with E-state index in [1.165, 1.54) is 180 Å². The van der Waals surface area contributed by atoms with Crippen molar-refractivity contribution < 1.29 is 28.6 Å². The highest BCUT2D eigenvalue weighted by Crippen LogP contribution is 2.17. The Bertz CT molecular complexity index is 900. The number of rotatable bonds is 47. The molecule has 6 nitrogen and oxygen atoms in total. The predicted octanol–water partition coefficient (Wildman–Crippen LogP) is 16.9. The lowest BCUT2D eigenvalue weighted by Crippen LogP contribution is -2.30. The first-order valence-corrected chi connectivity index (χ1v) is 26.2. The fourth-order valence-electron chi connectivity index (χ4n) is 7.99. The normalized spacial score (nSPS) is 12.1. The van der Waals surface area contributed by atoms with Gasteiger partial charge in [0.25, 0.3) is 0 Å². The Balaban J connectivity index is 4.19. The highest BCUT2D eigenvalue weighted by atomic mass is 16.6. The van der Waals surface area contributed by atoms with Crippen LogP contribution in [0.5, 0.6) is 0 Å². The van der Waals surface area contributed by atoms with E-state index in [1.54, 1.807) is 0 Å². The summed E-state index contributed by atoms with van der Waals surface area (Å²) in [5.74, 6) is 0.768. The maximum absolute atomic E-state index is 12.8. The van der Waals surface area contributed by atoms with Gasteiger partial charge in [-0.1, -0.05) is 253 Å². The standard InChI is InChI=1S/C53H102O6/c1-6-7-8-9-10-11-20-24-27-33-38-43-51(54)57-46-50(47-58-52(55)44-39-34-30-29-32-37-42-49(4)5)59-53(56)45-40-35-28-25-22-19-17-15-13-12-14-16-18-21-23-26-31-36-41-48(2)3/h48-50H,6-47H2,1-5H3/t50-/m1/s1. The van der Waals surface area contributed by atoms with Crippen molar-refractivity contribution in [3.63, 3.8) is 0 Å². The number of hydrogen-bond donors (Lipinski definition) is 0. The zero-order valence-corrected chi connectivity index (χ0v) is 40.4. The lowest BCUT2D eigenvalue weighted by atomic mass is 10.0. The number of carbonyl (C=O) groups excluding carboxylic acids is 3. The molecular formula is C53H102O6. The molecule has 0 radical (unpaired) electrons. The molecule has 59 heavy (non-hydrogen) atoms. The minimum Gasteiger partial charge on any atom is -0.462 e. The van der Waals surface area contributed by atoms with E-state index in [1.807, 2.05) is 0 Å². The number of unbranched alkanes of at least 4 members (excludes halogenated alkanes) is 32. The summed E-state index contributed by atoms with van der Waals surface area (Å²) in [5, 5.41) is 0. The first-order chi connectivity index (χ1) is 28.7. The molecule has 0 aliphatic heterocycles. The maximum atomic E-state index is 12.8. The van der Waals surface area contributed by atoms with Gasteiger partial charge in [0.1, 0.15) is 13.2 Å². The summed E-state index contributed by atoms with van der Waals surface area (Å²) in [7, 11) is 0. The average molecular weight is 835 g/mol. The van der Waals surface area contributed by atoms with Crippen molar-refractivity contribution in [1.29, 1.82) is 0 Å². The number of hydrogen-bond acceptors (Lipinski definition) is 6. The molecule has 0 saturated heterocycles. The van der Waals surface area contributed by atoms with E-state index >= 15 is 0 Å². The highest BCUT2D eigenvalue weighted by Gasteiger charge is 2.19. The zero-order valence-electron chi connectivity index (χ0n) is 40.4. The van der Waals surface area contributed by atoms with Gasteiger partial charge in [0.05, 0.1) is 0 Å². The van der Waals surface area contributed by atoms with Crippen LogP contribution in [0.1, 0.15) is 291 Å². The summed E-state index contributed by atoms with van der Waals surface area (Å²) >= 11 is 0. The molecule has 0 fully saturated rings. The number of ether oxygens (including phenoxy) is 3. The zero-order chi connectivity index (χ0) is 43.3. The molecule has 0 aromatic rings. The van der Waals surface area contributed by atoms with Crippen LogP contribution in [-0.2, 0) is 28.6 Å². The van der Waals surface area contributed by atoms with E-state index in [4.69, 9.17) is 14.2 Å². The Morgan fingerprint density at radius 3 is 0.831 bits per heavy atom. The Kier molecular flexibility index (Phi) is 44.7. The second-order valence-corrected chi connectivity index (χ2v) is 19.1. The van der Waals surface area contributed by atoms with Crippen molar-refractivity contribution in [1.82, 2.24) is 0 Å². The lowest BCUT2D eigenvalue weighted by molar-refractivity contribution is -0.167. The van der Waals surface area contributed by atoms with Gasteiger partial charge in [0.2, 0.25) is 0 Å². The summed E-state index contributed by atoms with van der Waals surface area (Å²) < 4.78 is 16.8. The topological polar surface area (TPSA) is 78.9 Å². The molecule has 0 saturated carbocycles. The van der Waals surface area contributed by atoms with E-state index in [0.29, 0.717) is 19.3 Å². The molecule has 350 valence electrons. The SMILES string of the molecule is CCCCCCCCCCCCCC(=O)OC[C@H](COC(=O)CCCCCCCCC(C)C)OC(=O)CCCCCCCCCCCCCCCCCCCCC(C)C. The minimum atomic E-state index is -0.761. The van der Waals surface area contributed by atoms with Crippen molar-refractivity contribution in [2.75, 3.05) is 13.2 Å². The van der Waals surface area contributed by atoms with Crippen molar-refractivity contribution in [2.45, 2.75) is 298 Å². The van der Waals surface area contributed by atoms with Crippen molar-refractivity contribution >= 4 is 17.9 Å². The number of esters is 3. The van der Waals surface area contributed by atoms with E-state index in [9.17, 15) is 14.4 Å². The van der Waals surface area contributed by atoms with E-state index < -0.39 is 6.10 Å². The molecule has 0 aliphatic carbocycles. The van der Waals surface area contributed by atoms with Crippen molar-refractivity contribution in [3.05, 3.63) is 0 Å². The quantitative estimate of drug-likeness (QED) is 0.0345. The van der Waals surface area contributed by atoms with E-state index in [0.717, 1.165) is 69.6 Å². The van der Waals surface area contributed by atoms with Crippen molar-refractivity contribution in [2.24, 2.45) is 11.8 Å². The van der Waals surface area contributed by atoms with Gasteiger partial charge in [-0.2, -0.15) is 0 Å². The van der Waals surface area contributed by atoms with Gasteiger partial charge in [0, 0.05) is 19.3 Å². The molecule has 0 unspecified atom stereocenters. The Morgan fingerprint density at radius 2 is 0.559 bits per heavy atom. The van der Waals surface area contributed by atoms with Gasteiger partial charge >= 0.3 is 17.9 Å². The largest absolute Gasteiger partial charge is 0.462 e. The number of carbonyl (C=O) groups is 3. The fraction of sp³-hybridized carbons (Fsp3) is 0.943. The van der Waals surface area contributed by atoms with Crippen LogP contribution in [0.3, 0.4) is 0 Å². The summed E-state index contributed by atoms with van der Waals surface area (Å²) in [6.07, 6.45) is 46.8. The fourth-order valence-corrected chi connectivity index (χ4v) is 7.99. The minimum absolute atomic E-state index is 0.0644. The second-order valence-electron chi connectivity index (χ2n) is 19.1. The van der Waals surface area contributed by atoms with Gasteiger partial charge in [-0.3, -0.25) is 14.4 Å². The first-order valence-electron chi connectivity index (χ1n) is 26.2. The van der Waals surface area contributed by atoms with Crippen LogP contribution in [0.15, 0.2) is 0 Å². The van der Waals surface area contributed by atoms with Gasteiger partial charge in [-0.05, 0) is 31.1 Å². The van der Waals surface area contributed by atoms with Gasteiger partial charge in [0.15, 0.2) is 6.10 Å². The van der Waals surface area contributed by atoms with Gasteiger partial charge in [-0.15, -0.1) is 0 Å². The van der Waals surface area contributed by atoms with Crippen LogP contribution in [-0.4, -0.2) is 37.2 Å². The summed E-state index contributed by atoms with van der Waals surface area (Å²) in [4.78, 5) is 37.8. The molecule has 0 bridgehead atoms. The van der Waals surface area contributed by atoms with Crippen LogP contribution in [0.25, 0.3) is 0 Å². The van der Waals surface area contributed by atoms with E-state index in [2.05, 4.69) is 34.6 Å². The molecule has 0 spiro atoms. The lowest BCUT2D eigenvalue weighted by Gasteiger charge is -2.18. The Morgan fingerprint density at radius 1 is 0.322 bits per heavy atom. The third-order valence-corrected chi connectivity index (χ3v) is 12.0. The Labute approximate surface area is 368 Å². The molecule has 6 heteroatoms. The molecule has 0 aromatic heterocycles. The van der Waals surface area contributed by atoms with Gasteiger partial charge < -0.3 is 14.2 Å². The Hall–Kier alpha value is -1.59. The van der Waals surface area contributed by atoms with E-state index in [-0.39, 0.29) is 31.1 Å². The molecule has 0 heterocycles. The summed E-state index contributed by atoms with van der Waals surface area (Å²) in [5.41, 5.74) is 0. The van der Waals surface area contributed by atoms with Crippen LogP contribution in [0.4, 0.5) is 0 Å². The first kappa shape index (κ1) is 57.4. The molecule has 0 aliphatic rings. The van der Waals surface area contributed by atoms with Crippen LogP contribution >= 0.6 is 0 Å². The van der Waals surface area contributed by atoms with Crippen LogP contribution < -0.4 is 0 Å². The van der Waals surface area contributed by atoms with Crippen LogP contribution in [0.2, 0.25) is 0 Å². The van der Waals surface area contributed by atoms with Crippen molar-refractivity contribution in [3.8, 4) is 0 Å². The molecule has 0 N–H and O–H groups in total. The summed E-state index contributed by atoms with van der Waals surface area (Å²) in [6.45, 7) is 11.3. The smallest absolute Gasteiger partial charge is 0.306 e. The predicted molar refractivity (Wildman–Crippen MR) is 252 cm³/mol. The third-order valence-electron chi connectivity index (χ3n) is 12.0. The molecule has 0 aromatic carbocycles. The molecule has 0 amide bonds. The molecule has 0 rings (SSSR count). The van der Waals surface area contributed by atoms with Gasteiger partial charge in [-0.25, -0.2) is 0 Å². The molecule has 1 atom stereocenters. The monoisotopic (exact) mass is 835 g/mol. The second kappa shape index (κ2) is 45.9. The summed E-state index contributed by atoms with van der Waals surface area (Å²) in [6, 6.07) is 0. The maximum Gasteiger partial charge on any atom is 0.306 e.